The molecule has 0 aromatic heterocycles. The van der Waals surface area contributed by atoms with Crippen LogP contribution >= 0.6 is 11.6 Å². The molecule has 2 aromatic carbocycles. The summed E-state index contributed by atoms with van der Waals surface area (Å²) in [6.45, 7) is 0.896. The summed E-state index contributed by atoms with van der Waals surface area (Å²) in [7, 11) is 1.62. The number of nitrogens with one attached hydrogen (secondary N) is 1. The molecule has 3 rings (SSSR count). The Morgan fingerprint density at radius 1 is 1.18 bits per heavy atom. The maximum absolute atomic E-state index is 13.2. The predicted octanol–water partition coefficient (Wildman–Crippen LogP) is 5.78. The van der Waals surface area contributed by atoms with Gasteiger partial charge in [0, 0.05) is 18.1 Å². The SMILES string of the molecule is COc1ccccc1C1CCN(C(=O)Nc2ccc(Cl)cc2C(F)(F)F)CC1. The van der Waals surface area contributed by atoms with Crippen molar-refractivity contribution in [3.8, 4) is 5.75 Å². The average Bonchev–Trinajstić information content (AvgIpc) is 2.68. The number of likely N-dealkylation sites (tertiary alicyclic amines) is 1. The number of carbonyl (C=O) groups is 1. The second-order valence-electron chi connectivity index (χ2n) is 6.62. The molecular weight excluding hydrogens is 393 g/mol. The number of urea groups is 1. The Balaban J connectivity index is 1.67. The minimum Gasteiger partial charge on any atom is -0.496 e. The number of methoxy groups -OCH3 is 1. The number of carbonyl (C=O) groups excluding carboxylic acids is 1. The first-order valence-electron chi connectivity index (χ1n) is 8.85. The van der Waals surface area contributed by atoms with E-state index >= 15 is 0 Å². The monoisotopic (exact) mass is 412 g/mol. The van der Waals surface area contributed by atoms with Gasteiger partial charge in [0.15, 0.2) is 0 Å². The third-order valence-corrected chi connectivity index (χ3v) is 5.12. The van der Waals surface area contributed by atoms with Crippen molar-refractivity contribution in [1.29, 1.82) is 0 Å². The quantitative estimate of drug-likeness (QED) is 0.694. The van der Waals surface area contributed by atoms with Crippen molar-refractivity contribution in [3.05, 3.63) is 58.6 Å². The topological polar surface area (TPSA) is 41.6 Å². The molecule has 0 spiro atoms. The molecule has 4 nitrogen and oxygen atoms in total. The molecule has 0 saturated carbocycles. The van der Waals surface area contributed by atoms with Gasteiger partial charge in [-0.2, -0.15) is 13.2 Å². The van der Waals surface area contributed by atoms with Gasteiger partial charge in [-0.25, -0.2) is 4.79 Å². The highest BCUT2D eigenvalue weighted by Crippen LogP contribution is 2.37. The molecule has 2 amide bonds. The predicted molar refractivity (Wildman–Crippen MR) is 102 cm³/mol. The number of alkyl halides is 3. The van der Waals surface area contributed by atoms with Crippen LogP contribution in [0.3, 0.4) is 0 Å². The number of benzene rings is 2. The van der Waals surface area contributed by atoms with Crippen LogP contribution in [0.4, 0.5) is 23.7 Å². The first kappa shape index (κ1) is 20.3. The van der Waals surface area contributed by atoms with Crippen LogP contribution in [-0.4, -0.2) is 31.1 Å². The summed E-state index contributed by atoms with van der Waals surface area (Å²) in [5.74, 6) is 1.04. The standard InChI is InChI=1S/C20H20ClF3N2O2/c1-28-18-5-3-2-4-15(18)13-8-10-26(11-9-13)19(27)25-17-7-6-14(21)12-16(17)20(22,23)24/h2-7,12-13H,8-11H2,1H3,(H,25,27). The van der Waals surface area contributed by atoms with Gasteiger partial charge in [0.2, 0.25) is 0 Å². The van der Waals surface area contributed by atoms with Crippen LogP contribution in [-0.2, 0) is 6.18 Å². The highest BCUT2D eigenvalue weighted by Gasteiger charge is 2.35. The lowest BCUT2D eigenvalue weighted by molar-refractivity contribution is -0.136. The van der Waals surface area contributed by atoms with Crippen LogP contribution in [0.15, 0.2) is 42.5 Å². The van der Waals surface area contributed by atoms with E-state index in [1.54, 1.807) is 7.11 Å². The number of halogens is 4. The first-order chi connectivity index (χ1) is 13.3. The summed E-state index contributed by atoms with van der Waals surface area (Å²) in [6.07, 6.45) is -3.19. The Kier molecular flexibility index (Phi) is 6.03. The van der Waals surface area contributed by atoms with E-state index in [2.05, 4.69) is 5.32 Å². The average molecular weight is 413 g/mol. The Labute approximate surface area is 166 Å². The third kappa shape index (κ3) is 4.52. The van der Waals surface area contributed by atoms with Crippen LogP contribution in [0.5, 0.6) is 5.75 Å². The minimum absolute atomic E-state index is 0.0389. The molecule has 1 fully saturated rings. The maximum Gasteiger partial charge on any atom is 0.418 e. The van der Waals surface area contributed by atoms with Gasteiger partial charge in [-0.05, 0) is 48.6 Å². The van der Waals surface area contributed by atoms with Crippen molar-refractivity contribution in [2.75, 3.05) is 25.5 Å². The van der Waals surface area contributed by atoms with Gasteiger partial charge in [-0.15, -0.1) is 0 Å². The molecule has 28 heavy (non-hydrogen) atoms. The highest BCUT2D eigenvalue weighted by atomic mass is 35.5. The minimum atomic E-state index is -4.61. The molecule has 0 atom stereocenters. The smallest absolute Gasteiger partial charge is 0.418 e. The van der Waals surface area contributed by atoms with E-state index in [1.807, 2.05) is 24.3 Å². The molecule has 0 bridgehead atoms. The van der Waals surface area contributed by atoms with Gasteiger partial charge < -0.3 is 15.0 Å². The number of hydrogen-bond donors (Lipinski definition) is 1. The second-order valence-corrected chi connectivity index (χ2v) is 7.06. The lowest BCUT2D eigenvalue weighted by Crippen LogP contribution is -2.40. The van der Waals surface area contributed by atoms with Crippen molar-refractivity contribution >= 4 is 23.3 Å². The van der Waals surface area contributed by atoms with E-state index < -0.39 is 17.8 Å². The number of hydrogen-bond acceptors (Lipinski definition) is 2. The van der Waals surface area contributed by atoms with Crippen LogP contribution in [0.25, 0.3) is 0 Å². The third-order valence-electron chi connectivity index (χ3n) is 4.89. The lowest BCUT2D eigenvalue weighted by Gasteiger charge is -2.33. The molecule has 0 radical (unpaired) electrons. The highest BCUT2D eigenvalue weighted by molar-refractivity contribution is 6.30. The van der Waals surface area contributed by atoms with Gasteiger partial charge in [0.05, 0.1) is 18.4 Å². The molecule has 150 valence electrons. The van der Waals surface area contributed by atoms with Crippen LogP contribution in [0.2, 0.25) is 5.02 Å². The fourth-order valence-corrected chi connectivity index (χ4v) is 3.62. The van der Waals surface area contributed by atoms with E-state index in [4.69, 9.17) is 16.3 Å². The van der Waals surface area contributed by atoms with E-state index in [1.165, 1.54) is 17.0 Å². The van der Waals surface area contributed by atoms with Crippen molar-refractivity contribution in [1.82, 2.24) is 4.90 Å². The van der Waals surface area contributed by atoms with Crippen LogP contribution < -0.4 is 10.1 Å². The van der Waals surface area contributed by atoms with E-state index in [-0.39, 0.29) is 16.6 Å². The molecule has 1 saturated heterocycles. The Bertz CT molecular complexity index is 850. The number of ether oxygens (including phenoxy) is 1. The van der Waals surface area contributed by atoms with Gasteiger partial charge >= 0.3 is 12.2 Å². The number of piperidine rings is 1. The summed E-state index contributed by atoms with van der Waals surface area (Å²) in [6, 6.07) is 10.5. The zero-order valence-electron chi connectivity index (χ0n) is 15.2. The summed E-state index contributed by atoms with van der Waals surface area (Å²) in [5, 5.41) is 2.34. The molecule has 0 aliphatic carbocycles. The fourth-order valence-electron chi connectivity index (χ4n) is 3.45. The summed E-state index contributed by atoms with van der Waals surface area (Å²) < 4.78 is 45.0. The molecule has 8 heteroatoms. The molecule has 0 unspecified atom stereocenters. The number of amides is 2. The van der Waals surface area contributed by atoms with Crippen molar-refractivity contribution < 1.29 is 22.7 Å². The molecule has 2 aromatic rings. The zero-order valence-corrected chi connectivity index (χ0v) is 16.0. The number of nitrogens with zero attached hydrogens (tertiary/aromatic N) is 1. The van der Waals surface area contributed by atoms with Gasteiger partial charge in [0.1, 0.15) is 5.75 Å². The Morgan fingerprint density at radius 2 is 1.86 bits per heavy atom. The van der Waals surface area contributed by atoms with Gasteiger partial charge in [-0.1, -0.05) is 29.8 Å². The second kappa shape index (κ2) is 8.31. The summed E-state index contributed by atoms with van der Waals surface area (Å²) in [4.78, 5) is 14.0. The number of rotatable bonds is 3. The van der Waals surface area contributed by atoms with E-state index in [9.17, 15) is 18.0 Å². The largest absolute Gasteiger partial charge is 0.496 e. The Hall–Kier alpha value is -2.41. The normalized spacial score (nSPS) is 15.4. The zero-order chi connectivity index (χ0) is 20.3. The summed E-state index contributed by atoms with van der Waals surface area (Å²) >= 11 is 5.67. The number of para-hydroxylation sites is 1. The van der Waals surface area contributed by atoms with Crippen LogP contribution in [0.1, 0.15) is 29.9 Å². The van der Waals surface area contributed by atoms with Crippen molar-refractivity contribution in [3.63, 3.8) is 0 Å². The summed E-state index contributed by atoms with van der Waals surface area (Å²) in [5.41, 5.74) is -0.173. The van der Waals surface area contributed by atoms with Gasteiger partial charge in [0.25, 0.3) is 0 Å². The molecule has 1 heterocycles. The lowest BCUT2D eigenvalue weighted by atomic mass is 9.89. The fraction of sp³-hybridized carbons (Fsp3) is 0.350. The molecular formula is C20H20ClF3N2O2. The molecule has 1 N–H and O–H groups in total. The molecule has 1 aliphatic heterocycles. The number of anilines is 1. The van der Waals surface area contributed by atoms with E-state index in [0.29, 0.717) is 25.9 Å². The Morgan fingerprint density at radius 3 is 2.50 bits per heavy atom. The van der Waals surface area contributed by atoms with E-state index in [0.717, 1.165) is 17.4 Å². The first-order valence-corrected chi connectivity index (χ1v) is 9.23. The molecule has 1 aliphatic rings. The van der Waals surface area contributed by atoms with Crippen molar-refractivity contribution in [2.45, 2.75) is 24.9 Å². The van der Waals surface area contributed by atoms with Crippen molar-refractivity contribution in [2.24, 2.45) is 0 Å². The maximum atomic E-state index is 13.2. The van der Waals surface area contributed by atoms with Gasteiger partial charge in [-0.3, -0.25) is 0 Å². The van der Waals surface area contributed by atoms with Crippen LogP contribution in [0, 0.1) is 0 Å².